The van der Waals surface area contributed by atoms with Crippen LogP contribution in [0.25, 0.3) is 0 Å². The fraction of sp³-hybridized carbons (Fsp3) is 0.538. The van der Waals surface area contributed by atoms with Gasteiger partial charge in [0.2, 0.25) is 0 Å². The van der Waals surface area contributed by atoms with Gasteiger partial charge in [-0.05, 0) is 30.9 Å². The van der Waals surface area contributed by atoms with Gasteiger partial charge in [0.25, 0.3) is 0 Å². The topological polar surface area (TPSA) is 66.0 Å². The number of pyridine rings is 1. The highest BCUT2D eigenvalue weighted by molar-refractivity contribution is 5.93. The third-order valence-electron chi connectivity index (χ3n) is 3.58. The quantitative estimate of drug-likeness (QED) is 0.618. The third kappa shape index (κ3) is 2.75. The summed E-state index contributed by atoms with van der Waals surface area (Å²) < 4.78 is 0. The number of rotatable bonds is 3. The molecule has 1 saturated heterocycles. The Balaban J connectivity index is 2.01. The highest BCUT2D eigenvalue weighted by Gasteiger charge is 2.18. The summed E-state index contributed by atoms with van der Waals surface area (Å²) in [7, 11) is 0. The number of nitrogens with one attached hydrogen (secondary N) is 1. The Labute approximate surface area is 102 Å². The molecule has 2 heterocycles. The summed E-state index contributed by atoms with van der Waals surface area (Å²) in [6, 6.07) is 3.83. The van der Waals surface area contributed by atoms with Crippen molar-refractivity contribution in [2.75, 3.05) is 18.0 Å². The summed E-state index contributed by atoms with van der Waals surface area (Å²) in [5.74, 6) is 0.914. The van der Waals surface area contributed by atoms with Gasteiger partial charge in [-0.2, -0.15) is 0 Å². The molecule has 1 aliphatic heterocycles. The van der Waals surface area contributed by atoms with Crippen molar-refractivity contribution in [3.8, 4) is 0 Å². The van der Waals surface area contributed by atoms with Gasteiger partial charge in [0, 0.05) is 13.1 Å². The van der Waals surface area contributed by atoms with Crippen molar-refractivity contribution in [3.63, 3.8) is 0 Å². The van der Waals surface area contributed by atoms with Crippen LogP contribution < -0.4 is 10.6 Å². The number of hydrogen-bond acceptors (Lipinski definition) is 3. The van der Waals surface area contributed by atoms with Gasteiger partial charge in [0.15, 0.2) is 0 Å². The minimum atomic E-state index is 0.0289. The zero-order chi connectivity index (χ0) is 12.3. The van der Waals surface area contributed by atoms with Gasteiger partial charge in [-0.15, -0.1) is 0 Å². The average molecular weight is 232 g/mol. The molecule has 4 nitrogen and oxygen atoms in total. The van der Waals surface area contributed by atoms with Gasteiger partial charge in [0.05, 0.1) is 11.9 Å². The van der Waals surface area contributed by atoms with E-state index in [2.05, 4.69) is 16.8 Å². The number of anilines is 1. The van der Waals surface area contributed by atoms with E-state index in [1.54, 1.807) is 0 Å². The monoisotopic (exact) mass is 232 g/mol. The van der Waals surface area contributed by atoms with Crippen molar-refractivity contribution < 1.29 is 0 Å². The highest BCUT2D eigenvalue weighted by Crippen LogP contribution is 2.24. The van der Waals surface area contributed by atoms with E-state index >= 15 is 0 Å². The van der Waals surface area contributed by atoms with Crippen molar-refractivity contribution in [1.29, 1.82) is 5.41 Å². The molecule has 1 aliphatic rings. The first-order valence-corrected chi connectivity index (χ1v) is 6.26. The average Bonchev–Trinajstić information content (AvgIpc) is 2.39. The molecule has 1 aromatic rings. The maximum absolute atomic E-state index is 7.30. The maximum atomic E-state index is 7.30. The first kappa shape index (κ1) is 11.9. The highest BCUT2D eigenvalue weighted by atomic mass is 15.1. The van der Waals surface area contributed by atoms with Crippen LogP contribution in [0.4, 0.5) is 5.69 Å². The largest absolute Gasteiger partial charge is 0.382 e. The molecule has 1 aromatic heterocycles. The van der Waals surface area contributed by atoms with Gasteiger partial charge >= 0.3 is 0 Å². The second-order valence-electron chi connectivity index (χ2n) is 4.65. The molecule has 0 saturated carbocycles. The van der Waals surface area contributed by atoms with E-state index in [0.717, 1.165) is 24.7 Å². The number of nitrogens with two attached hydrogens (primary N) is 1. The Kier molecular flexibility index (Phi) is 3.61. The summed E-state index contributed by atoms with van der Waals surface area (Å²) in [5.41, 5.74) is 7.08. The minimum Gasteiger partial charge on any atom is -0.382 e. The first-order chi connectivity index (χ1) is 8.20. The zero-order valence-electron chi connectivity index (χ0n) is 10.3. The number of nitrogens with zero attached hydrogens (tertiary/aromatic N) is 2. The van der Waals surface area contributed by atoms with Crippen molar-refractivity contribution in [2.24, 2.45) is 11.7 Å². The fourth-order valence-electron chi connectivity index (χ4n) is 2.33. The van der Waals surface area contributed by atoms with Crippen LogP contribution in [-0.4, -0.2) is 23.9 Å². The van der Waals surface area contributed by atoms with Crippen LogP contribution in [0.15, 0.2) is 18.3 Å². The lowest BCUT2D eigenvalue weighted by Gasteiger charge is -2.33. The van der Waals surface area contributed by atoms with E-state index < -0.39 is 0 Å². The van der Waals surface area contributed by atoms with Crippen molar-refractivity contribution in [2.45, 2.75) is 26.2 Å². The van der Waals surface area contributed by atoms with E-state index in [9.17, 15) is 0 Å². The molecule has 0 atom stereocenters. The zero-order valence-corrected chi connectivity index (χ0v) is 10.3. The first-order valence-electron chi connectivity index (χ1n) is 6.26. The molecule has 0 aromatic carbocycles. The Hall–Kier alpha value is -1.58. The van der Waals surface area contributed by atoms with Gasteiger partial charge in [0.1, 0.15) is 11.5 Å². The van der Waals surface area contributed by atoms with Gasteiger partial charge in [-0.3, -0.25) is 10.4 Å². The molecule has 0 spiro atoms. The molecule has 17 heavy (non-hydrogen) atoms. The molecule has 0 radical (unpaired) electrons. The van der Waals surface area contributed by atoms with Crippen molar-refractivity contribution in [3.05, 3.63) is 24.0 Å². The Morgan fingerprint density at radius 2 is 2.18 bits per heavy atom. The van der Waals surface area contributed by atoms with Gasteiger partial charge < -0.3 is 10.6 Å². The lowest BCUT2D eigenvalue weighted by molar-refractivity contribution is 0.395. The predicted octanol–water partition coefficient (Wildman–Crippen LogP) is 1.99. The second kappa shape index (κ2) is 5.17. The van der Waals surface area contributed by atoms with Crippen LogP contribution in [0.2, 0.25) is 0 Å². The van der Waals surface area contributed by atoms with Crippen LogP contribution >= 0.6 is 0 Å². The molecule has 0 bridgehead atoms. The second-order valence-corrected chi connectivity index (χ2v) is 4.65. The molecular weight excluding hydrogens is 212 g/mol. The van der Waals surface area contributed by atoms with Gasteiger partial charge in [-0.1, -0.05) is 13.3 Å². The number of nitrogen functional groups attached to an aromatic ring is 1. The maximum Gasteiger partial charge on any atom is 0.141 e. The van der Waals surface area contributed by atoms with Crippen molar-refractivity contribution in [1.82, 2.24) is 4.98 Å². The molecule has 0 unspecified atom stereocenters. The SMILES string of the molecule is CCC1CCN(c2ccc(C(=N)N)nc2)CC1. The van der Waals surface area contributed by atoms with Crippen molar-refractivity contribution >= 4 is 11.5 Å². The molecule has 92 valence electrons. The third-order valence-corrected chi connectivity index (χ3v) is 3.58. The summed E-state index contributed by atoms with van der Waals surface area (Å²) in [6.45, 7) is 4.49. The lowest BCUT2D eigenvalue weighted by Crippen LogP contribution is -2.33. The summed E-state index contributed by atoms with van der Waals surface area (Å²) >= 11 is 0. The smallest absolute Gasteiger partial charge is 0.141 e. The Morgan fingerprint density at radius 1 is 1.47 bits per heavy atom. The summed E-state index contributed by atoms with van der Waals surface area (Å²) in [6.07, 6.45) is 5.65. The molecule has 0 aliphatic carbocycles. The van der Waals surface area contributed by atoms with Crippen LogP contribution in [0.5, 0.6) is 0 Å². The van der Waals surface area contributed by atoms with E-state index in [1.165, 1.54) is 19.3 Å². The molecule has 4 heteroatoms. The number of amidine groups is 1. The molecule has 2 rings (SSSR count). The summed E-state index contributed by atoms with van der Waals surface area (Å²) in [4.78, 5) is 6.57. The van der Waals surface area contributed by atoms with E-state index in [1.807, 2.05) is 18.3 Å². The molecule has 0 amide bonds. The lowest BCUT2D eigenvalue weighted by atomic mass is 9.94. The normalized spacial score (nSPS) is 17.1. The van der Waals surface area contributed by atoms with Gasteiger partial charge in [-0.25, -0.2) is 0 Å². The molecular formula is C13H20N4. The number of hydrogen-bond donors (Lipinski definition) is 2. The predicted molar refractivity (Wildman–Crippen MR) is 70.5 cm³/mol. The Bertz CT molecular complexity index is 377. The van der Waals surface area contributed by atoms with E-state index in [4.69, 9.17) is 11.1 Å². The standard InChI is InChI=1S/C13H20N4/c1-2-10-5-7-17(8-6-10)11-3-4-12(13(14)15)16-9-11/h3-4,9-10H,2,5-8H2,1H3,(H3,14,15). The van der Waals surface area contributed by atoms with E-state index in [0.29, 0.717) is 5.69 Å². The number of piperidine rings is 1. The Morgan fingerprint density at radius 3 is 2.65 bits per heavy atom. The van der Waals surface area contributed by atoms with Crippen LogP contribution in [0, 0.1) is 11.3 Å². The molecule has 3 N–H and O–H groups in total. The molecule has 1 fully saturated rings. The van der Waals surface area contributed by atoms with Crippen LogP contribution in [0.1, 0.15) is 31.9 Å². The summed E-state index contributed by atoms with van der Waals surface area (Å²) in [5, 5.41) is 7.30. The fourth-order valence-corrected chi connectivity index (χ4v) is 2.33. The minimum absolute atomic E-state index is 0.0289. The van der Waals surface area contributed by atoms with E-state index in [-0.39, 0.29) is 5.84 Å². The van der Waals surface area contributed by atoms with Crippen LogP contribution in [0.3, 0.4) is 0 Å². The van der Waals surface area contributed by atoms with Crippen LogP contribution in [-0.2, 0) is 0 Å². The number of aromatic nitrogens is 1.